The Morgan fingerprint density at radius 1 is 1.27 bits per heavy atom. The van der Waals surface area contributed by atoms with E-state index in [1.807, 2.05) is 32.1 Å². The molecule has 0 atom stereocenters. The van der Waals surface area contributed by atoms with E-state index in [0.717, 1.165) is 22.4 Å². The number of imide groups is 1. The highest BCUT2D eigenvalue weighted by atomic mass is 16.5. The van der Waals surface area contributed by atoms with Crippen molar-refractivity contribution in [1.82, 2.24) is 4.90 Å². The van der Waals surface area contributed by atoms with E-state index in [-0.39, 0.29) is 11.8 Å². The molecule has 4 nitrogen and oxygen atoms in total. The van der Waals surface area contributed by atoms with Gasteiger partial charge in [-0.05, 0) is 56.0 Å². The van der Waals surface area contributed by atoms with E-state index in [9.17, 15) is 9.59 Å². The van der Waals surface area contributed by atoms with Gasteiger partial charge in [0, 0.05) is 18.2 Å². The number of methoxy groups -OCH3 is 1. The smallest absolute Gasteiger partial charge is 0.256 e. The van der Waals surface area contributed by atoms with Gasteiger partial charge in [0.25, 0.3) is 11.8 Å². The topological polar surface area (TPSA) is 46.6 Å². The van der Waals surface area contributed by atoms with Gasteiger partial charge in [0.2, 0.25) is 0 Å². The summed E-state index contributed by atoms with van der Waals surface area (Å²) >= 11 is 0. The number of hydrogen-bond donors (Lipinski definition) is 0. The summed E-state index contributed by atoms with van der Waals surface area (Å²) < 4.78 is 5.33. The highest BCUT2D eigenvalue weighted by Crippen LogP contribution is 2.24. The molecule has 0 fully saturated rings. The molecular formula is C18H21NO3. The molecule has 0 aliphatic carbocycles. The predicted molar refractivity (Wildman–Crippen MR) is 86.6 cm³/mol. The summed E-state index contributed by atoms with van der Waals surface area (Å²) in [6.45, 7) is 6.17. The van der Waals surface area contributed by atoms with Crippen LogP contribution in [0.1, 0.15) is 30.0 Å². The van der Waals surface area contributed by atoms with E-state index >= 15 is 0 Å². The lowest BCUT2D eigenvalue weighted by atomic mass is 10.0. The van der Waals surface area contributed by atoms with Gasteiger partial charge in [-0.1, -0.05) is 12.1 Å². The lowest BCUT2D eigenvalue weighted by Crippen LogP contribution is -2.39. The van der Waals surface area contributed by atoms with Crippen LogP contribution in [0.5, 0.6) is 5.75 Å². The van der Waals surface area contributed by atoms with E-state index < -0.39 is 0 Å². The van der Waals surface area contributed by atoms with E-state index in [0.29, 0.717) is 18.5 Å². The van der Waals surface area contributed by atoms with Crippen LogP contribution in [-0.4, -0.2) is 30.4 Å². The molecule has 0 radical (unpaired) electrons. The van der Waals surface area contributed by atoms with Crippen molar-refractivity contribution < 1.29 is 14.3 Å². The number of benzene rings is 1. The molecule has 1 aromatic rings. The maximum absolute atomic E-state index is 12.2. The van der Waals surface area contributed by atoms with Gasteiger partial charge < -0.3 is 4.74 Å². The van der Waals surface area contributed by atoms with Crippen LogP contribution in [0.25, 0.3) is 6.08 Å². The highest BCUT2D eigenvalue weighted by Gasteiger charge is 2.23. The zero-order valence-electron chi connectivity index (χ0n) is 13.5. The lowest BCUT2D eigenvalue weighted by Gasteiger charge is -2.22. The summed E-state index contributed by atoms with van der Waals surface area (Å²) in [5.41, 5.74) is 3.68. The van der Waals surface area contributed by atoms with Gasteiger partial charge in [-0.25, -0.2) is 0 Å². The first-order chi connectivity index (χ1) is 10.4. The molecule has 0 unspecified atom stereocenters. The Balaban J connectivity index is 2.18. The number of hydrogen-bond acceptors (Lipinski definition) is 3. The van der Waals surface area contributed by atoms with Gasteiger partial charge in [-0.3, -0.25) is 14.5 Å². The third-order valence-electron chi connectivity index (χ3n) is 3.93. The third kappa shape index (κ3) is 3.27. The van der Waals surface area contributed by atoms with E-state index in [2.05, 4.69) is 0 Å². The van der Waals surface area contributed by atoms with E-state index in [1.165, 1.54) is 11.0 Å². The first-order valence-corrected chi connectivity index (χ1v) is 7.30. The SMILES string of the molecule is COc1cc(/C=C/C(=O)N2CCC=C(C)C2=O)cc(C)c1C. The summed E-state index contributed by atoms with van der Waals surface area (Å²) in [6, 6.07) is 3.88. The molecule has 1 heterocycles. The molecule has 2 amide bonds. The Bertz CT molecular complexity index is 671. The summed E-state index contributed by atoms with van der Waals surface area (Å²) in [5, 5.41) is 0. The first kappa shape index (κ1) is 16.0. The van der Waals surface area contributed by atoms with Crippen LogP contribution in [0.3, 0.4) is 0 Å². The Labute approximate surface area is 131 Å². The van der Waals surface area contributed by atoms with Crippen LogP contribution < -0.4 is 4.74 Å². The molecule has 0 saturated carbocycles. The second kappa shape index (κ2) is 6.60. The second-order valence-electron chi connectivity index (χ2n) is 5.47. The van der Waals surface area contributed by atoms with Crippen LogP contribution in [-0.2, 0) is 9.59 Å². The zero-order chi connectivity index (χ0) is 16.3. The summed E-state index contributed by atoms with van der Waals surface area (Å²) in [4.78, 5) is 25.4. The molecule has 1 aliphatic heterocycles. The van der Waals surface area contributed by atoms with Gasteiger partial charge in [0.15, 0.2) is 0 Å². The van der Waals surface area contributed by atoms with Crippen LogP contribution in [0.4, 0.5) is 0 Å². The van der Waals surface area contributed by atoms with Crippen molar-refractivity contribution in [3.05, 3.63) is 46.5 Å². The minimum Gasteiger partial charge on any atom is -0.496 e. The molecule has 0 saturated heterocycles. The van der Waals surface area contributed by atoms with Crippen LogP contribution in [0.15, 0.2) is 29.9 Å². The number of aryl methyl sites for hydroxylation is 1. The minimum atomic E-state index is -0.283. The number of nitrogens with zero attached hydrogens (tertiary/aromatic N) is 1. The monoisotopic (exact) mass is 299 g/mol. The minimum absolute atomic E-state index is 0.210. The molecule has 1 aromatic carbocycles. The molecule has 2 rings (SSSR count). The van der Waals surface area contributed by atoms with Gasteiger partial charge >= 0.3 is 0 Å². The standard InChI is InChI=1S/C18H21NO3/c1-12-6-5-9-19(18(12)21)17(20)8-7-15-10-13(2)14(3)16(11-15)22-4/h6-8,10-11H,5,9H2,1-4H3/b8-7+. The molecular weight excluding hydrogens is 278 g/mol. The molecule has 22 heavy (non-hydrogen) atoms. The van der Waals surface area contributed by atoms with Crippen molar-refractivity contribution in [3.63, 3.8) is 0 Å². The molecule has 1 aliphatic rings. The van der Waals surface area contributed by atoms with Crippen LogP contribution >= 0.6 is 0 Å². The maximum Gasteiger partial charge on any atom is 0.256 e. The normalized spacial score (nSPS) is 15.2. The molecule has 0 bridgehead atoms. The number of amides is 2. The highest BCUT2D eigenvalue weighted by molar-refractivity contribution is 6.09. The van der Waals surface area contributed by atoms with Crippen molar-refractivity contribution >= 4 is 17.9 Å². The van der Waals surface area contributed by atoms with Crippen molar-refractivity contribution in [2.45, 2.75) is 27.2 Å². The summed E-state index contributed by atoms with van der Waals surface area (Å²) in [5.74, 6) is 0.299. The maximum atomic E-state index is 12.2. The van der Waals surface area contributed by atoms with Crippen molar-refractivity contribution in [1.29, 1.82) is 0 Å². The Morgan fingerprint density at radius 2 is 2.00 bits per heavy atom. The molecule has 0 aromatic heterocycles. The fourth-order valence-corrected chi connectivity index (χ4v) is 2.44. The largest absolute Gasteiger partial charge is 0.496 e. The van der Waals surface area contributed by atoms with Gasteiger partial charge in [-0.15, -0.1) is 0 Å². The number of rotatable bonds is 3. The number of carbonyl (C=O) groups is 2. The third-order valence-corrected chi connectivity index (χ3v) is 3.93. The molecule has 4 heteroatoms. The quantitative estimate of drug-likeness (QED) is 0.806. The average molecular weight is 299 g/mol. The molecule has 0 N–H and O–H groups in total. The first-order valence-electron chi connectivity index (χ1n) is 7.30. The molecule has 116 valence electrons. The van der Waals surface area contributed by atoms with Gasteiger partial charge in [0.1, 0.15) is 5.75 Å². The Kier molecular flexibility index (Phi) is 4.81. The fraction of sp³-hybridized carbons (Fsp3) is 0.333. The Morgan fingerprint density at radius 3 is 2.68 bits per heavy atom. The summed E-state index contributed by atoms with van der Waals surface area (Å²) in [6.07, 6.45) is 5.75. The van der Waals surface area contributed by atoms with Crippen molar-refractivity contribution in [3.8, 4) is 5.75 Å². The van der Waals surface area contributed by atoms with Crippen molar-refractivity contribution in [2.75, 3.05) is 13.7 Å². The average Bonchev–Trinajstić information content (AvgIpc) is 2.50. The summed E-state index contributed by atoms with van der Waals surface area (Å²) in [7, 11) is 1.63. The number of ether oxygens (including phenoxy) is 1. The van der Waals surface area contributed by atoms with Crippen LogP contribution in [0.2, 0.25) is 0 Å². The fourth-order valence-electron chi connectivity index (χ4n) is 2.44. The predicted octanol–water partition coefficient (Wildman–Crippen LogP) is 3.03. The van der Waals surface area contributed by atoms with E-state index in [4.69, 9.17) is 4.74 Å². The van der Waals surface area contributed by atoms with Gasteiger partial charge in [0.05, 0.1) is 7.11 Å². The number of carbonyl (C=O) groups excluding carboxylic acids is 2. The molecule has 0 spiro atoms. The zero-order valence-corrected chi connectivity index (χ0v) is 13.5. The van der Waals surface area contributed by atoms with Gasteiger partial charge in [-0.2, -0.15) is 0 Å². The van der Waals surface area contributed by atoms with Crippen molar-refractivity contribution in [2.24, 2.45) is 0 Å². The lowest BCUT2D eigenvalue weighted by molar-refractivity contribution is -0.139. The van der Waals surface area contributed by atoms with Crippen LogP contribution in [0, 0.1) is 13.8 Å². The Hall–Kier alpha value is -2.36. The van der Waals surface area contributed by atoms with E-state index in [1.54, 1.807) is 20.1 Å². The second-order valence-corrected chi connectivity index (χ2v) is 5.47.